The summed E-state index contributed by atoms with van der Waals surface area (Å²) in [6, 6.07) is 11.9. The number of carbonyl (C=O) groups excluding carboxylic acids is 1. The Bertz CT molecular complexity index is 531. The lowest BCUT2D eigenvalue weighted by atomic mass is 10.0. The van der Waals surface area contributed by atoms with Crippen molar-refractivity contribution in [2.75, 3.05) is 7.05 Å². The second-order valence-corrected chi connectivity index (χ2v) is 4.76. The van der Waals surface area contributed by atoms with E-state index in [1.165, 1.54) is 11.1 Å². The highest BCUT2D eigenvalue weighted by Gasteiger charge is 2.11. The van der Waals surface area contributed by atoms with Crippen LogP contribution in [-0.2, 0) is 17.8 Å². The smallest absolute Gasteiger partial charge is 0.223 e. The van der Waals surface area contributed by atoms with E-state index < -0.39 is 0 Å². The van der Waals surface area contributed by atoms with Gasteiger partial charge in [-0.15, -0.1) is 0 Å². The standard InChI is InChI=1S/C16H19NO2/c1-13-6-3-4-7-14(13)9-10-16(18)17(2)12-15-8-5-11-19-15/h3-8,11H,9-10,12H2,1-2H3. The van der Waals surface area contributed by atoms with Crippen LogP contribution in [0.5, 0.6) is 0 Å². The van der Waals surface area contributed by atoms with Crippen LogP contribution in [0.1, 0.15) is 23.3 Å². The number of rotatable bonds is 5. The molecule has 0 radical (unpaired) electrons. The summed E-state index contributed by atoms with van der Waals surface area (Å²) in [4.78, 5) is 13.7. The Labute approximate surface area is 113 Å². The van der Waals surface area contributed by atoms with E-state index in [0.29, 0.717) is 13.0 Å². The fraction of sp³-hybridized carbons (Fsp3) is 0.312. The molecule has 0 unspecified atom stereocenters. The van der Waals surface area contributed by atoms with Gasteiger partial charge in [-0.1, -0.05) is 24.3 Å². The molecule has 1 heterocycles. The predicted molar refractivity (Wildman–Crippen MR) is 74.7 cm³/mol. The maximum Gasteiger partial charge on any atom is 0.223 e. The molecule has 1 amide bonds. The first-order valence-corrected chi connectivity index (χ1v) is 6.47. The molecular formula is C16H19NO2. The number of aryl methyl sites for hydroxylation is 2. The maximum absolute atomic E-state index is 12.0. The van der Waals surface area contributed by atoms with E-state index in [4.69, 9.17) is 4.42 Å². The molecule has 0 saturated carbocycles. The average molecular weight is 257 g/mol. The third-order valence-corrected chi connectivity index (χ3v) is 3.27. The number of carbonyl (C=O) groups is 1. The van der Waals surface area contributed by atoms with Crippen molar-refractivity contribution in [2.45, 2.75) is 26.3 Å². The molecule has 0 spiro atoms. The summed E-state index contributed by atoms with van der Waals surface area (Å²) in [5, 5.41) is 0. The zero-order valence-electron chi connectivity index (χ0n) is 11.4. The summed E-state index contributed by atoms with van der Waals surface area (Å²) >= 11 is 0. The number of hydrogen-bond acceptors (Lipinski definition) is 2. The van der Waals surface area contributed by atoms with Crippen LogP contribution in [0.4, 0.5) is 0 Å². The molecule has 2 aromatic rings. The molecular weight excluding hydrogens is 238 g/mol. The summed E-state index contributed by atoms with van der Waals surface area (Å²) in [6.45, 7) is 2.60. The van der Waals surface area contributed by atoms with Crippen LogP contribution in [0, 0.1) is 6.92 Å². The van der Waals surface area contributed by atoms with E-state index in [1.54, 1.807) is 11.2 Å². The highest BCUT2D eigenvalue weighted by Crippen LogP contribution is 2.11. The molecule has 0 aliphatic rings. The predicted octanol–water partition coefficient (Wildman–Crippen LogP) is 3.18. The molecule has 1 aromatic heterocycles. The molecule has 100 valence electrons. The van der Waals surface area contributed by atoms with Crippen molar-refractivity contribution >= 4 is 5.91 Å². The topological polar surface area (TPSA) is 33.5 Å². The molecule has 0 fully saturated rings. The van der Waals surface area contributed by atoms with Gasteiger partial charge < -0.3 is 9.32 Å². The summed E-state index contributed by atoms with van der Waals surface area (Å²) in [5.74, 6) is 0.950. The van der Waals surface area contributed by atoms with Crippen molar-refractivity contribution in [1.82, 2.24) is 4.90 Å². The molecule has 2 rings (SSSR count). The number of amides is 1. The zero-order valence-corrected chi connectivity index (χ0v) is 11.4. The Morgan fingerprint density at radius 2 is 2.00 bits per heavy atom. The van der Waals surface area contributed by atoms with Crippen LogP contribution >= 0.6 is 0 Å². The number of furan rings is 1. The third-order valence-electron chi connectivity index (χ3n) is 3.27. The summed E-state index contributed by atoms with van der Waals surface area (Å²) in [6.07, 6.45) is 2.94. The highest BCUT2D eigenvalue weighted by molar-refractivity contribution is 5.76. The molecule has 3 heteroatoms. The van der Waals surface area contributed by atoms with Gasteiger partial charge in [0.25, 0.3) is 0 Å². The Balaban J connectivity index is 1.86. The van der Waals surface area contributed by atoms with Gasteiger partial charge in [0.15, 0.2) is 0 Å². The van der Waals surface area contributed by atoms with Crippen LogP contribution in [-0.4, -0.2) is 17.9 Å². The minimum absolute atomic E-state index is 0.139. The molecule has 0 atom stereocenters. The quantitative estimate of drug-likeness (QED) is 0.824. The van der Waals surface area contributed by atoms with Gasteiger partial charge in [-0.25, -0.2) is 0 Å². The van der Waals surface area contributed by atoms with Gasteiger partial charge in [-0.05, 0) is 36.6 Å². The van der Waals surface area contributed by atoms with Crippen LogP contribution in [0.3, 0.4) is 0 Å². The fourth-order valence-corrected chi connectivity index (χ4v) is 2.05. The number of nitrogens with zero attached hydrogens (tertiary/aromatic N) is 1. The van der Waals surface area contributed by atoms with Gasteiger partial charge in [0.1, 0.15) is 5.76 Å². The van der Waals surface area contributed by atoms with Crippen LogP contribution in [0.25, 0.3) is 0 Å². The molecule has 0 aliphatic heterocycles. The molecule has 0 bridgehead atoms. The number of benzene rings is 1. The largest absolute Gasteiger partial charge is 0.467 e. The lowest BCUT2D eigenvalue weighted by Gasteiger charge is -2.16. The lowest BCUT2D eigenvalue weighted by Crippen LogP contribution is -2.26. The van der Waals surface area contributed by atoms with E-state index in [9.17, 15) is 4.79 Å². The van der Waals surface area contributed by atoms with Crippen molar-refractivity contribution in [1.29, 1.82) is 0 Å². The molecule has 0 N–H and O–H groups in total. The van der Waals surface area contributed by atoms with Crippen molar-refractivity contribution < 1.29 is 9.21 Å². The normalized spacial score (nSPS) is 10.4. The van der Waals surface area contributed by atoms with E-state index >= 15 is 0 Å². The zero-order chi connectivity index (χ0) is 13.7. The van der Waals surface area contributed by atoms with Crippen molar-refractivity contribution in [2.24, 2.45) is 0 Å². The van der Waals surface area contributed by atoms with Crippen molar-refractivity contribution in [3.63, 3.8) is 0 Å². The first kappa shape index (κ1) is 13.4. The van der Waals surface area contributed by atoms with Gasteiger partial charge in [0.2, 0.25) is 5.91 Å². The van der Waals surface area contributed by atoms with Gasteiger partial charge >= 0.3 is 0 Å². The van der Waals surface area contributed by atoms with Crippen LogP contribution in [0.15, 0.2) is 47.1 Å². The Morgan fingerprint density at radius 3 is 2.68 bits per heavy atom. The van der Waals surface area contributed by atoms with Crippen molar-refractivity contribution in [3.05, 3.63) is 59.5 Å². The van der Waals surface area contributed by atoms with E-state index in [-0.39, 0.29) is 5.91 Å². The maximum atomic E-state index is 12.0. The summed E-state index contributed by atoms with van der Waals surface area (Å²) in [5.41, 5.74) is 2.48. The van der Waals surface area contributed by atoms with Gasteiger partial charge in [0, 0.05) is 13.5 Å². The Kier molecular flexibility index (Phi) is 4.39. The second-order valence-electron chi connectivity index (χ2n) is 4.76. The van der Waals surface area contributed by atoms with E-state index in [0.717, 1.165) is 12.2 Å². The highest BCUT2D eigenvalue weighted by atomic mass is 16.3. The van der Waals surface area contributed by atoms with E-state index in [2.05, 4.69) is 19.1 Å². The fourth-order valence-electron chi connectivity index (χ4n) is 2.05. The molecule has 0 aliphatic carbocycles. The molecule has 0 saturated heterocycles. The SMILES string of the molecule is Cc1ccccc1CCC(=O)N(C)Cc1ccco1. The summed E-state index contributed by atoms with van der Waals surface area (Å²) in [7, 11) is 1.81. The Hall–Kier alpha value is -2.03. The molecule has 3 nitrogen and oxygen atoms in total. The number of hydrogen-bond donors (Lipinski definition) is 0. The van der Waals surface area contributed by atoms with Crippen molar-refractivity contribution in [3.8, 4) is 0 Å². The Morgan fingerprint density at radius 1 is 1.21 bits per heavy atom. The van der Waals surface area contributed by atoms with Gasteiger partial charge in [-0.3, -0.25) is 4.79 Å². The first-order valence-electron chi connectivity index (χ1n) is 6.47. The minimum Gasteiger partial charge on any atom is -0.467 e. The molecule has 1 aromatic carbocycles. The van der Waals surface area contributed by atoms with E-state index in [1.807, 2.05) is 31.3 Å². The first-order chi connectivity index (χ1) is 9.16. The lowest BCUT2D eigenvalue weighted by molar-refractivity contribution is -0.130. The second kappa shape index (κ2) is 6.23. The van der Waals surface area contributed by atoms with Gasteiger partial charge in [0.05, 0.1) is 12.8 Å². The monoisotopic (exact) mass is 257 g/mol. The van der Waals surface area contributed by atoms with Crippen LogP contribution < -0.4 is 0 Å². The third kappa shape index (κ3) is 3.71. The van der Waals surface area contributed by atoms with Crippen LogP contribution in [0.2, 0.25) is 0 Å². The summed E-state index contributed by atoms with van der Waals surface area (Å²) < 4.78 is 5.24. The minimum atomic E-state index is 0.139. The van der Waals surface area contributed by atoms with Gasteiger partial charge in [-0.2, -0.15) is 0 Å². The molecule has 19 heavy (non-hydrogen) atoms. The average Bonchev–Trinajstić information content (AvgIpc) is 2.90.